The van der Waals surface area contributed by atoms with Crippen molar-refractivity contribution >= 4 is 28.6 Å². The number of primary amides is 1. The molecule has 2 rings (SSSR count). The van der Waals surface area contributed by atoms with Gasteiger partial charge in [-0.1, -0.05) is 30.0 Å². The van der Waals surface area contributed by atoms with Gasteiger partial charge in [0.15, 0.2) is 0 Å². The van der Waals surface area contributed by atoms with Crippen LogP contribution in [0.1, 0.15) is 18.1 Å². The van der Waals surface area contributed by atoms with Gasteiger partial charge in [0, 0.05) is 5.39 Å². The van der Waals surface area contributed by atoms with Gasteiger partial charge >= 0.3 is 0 Å². The number of hydrogen-bond donors (Lipinski definition) is 1. The minimum Gasteiger partial charge on any atom is -0.369 e. The molecular formula is C14H16N2OS. The smallest absolute Gasteiger partial charge is 0.230 e. The van der Waals surface area contributed by atoms with Gasteiger partial charge in [-0.3, -0.25) is 4.79 Å². The topological polar surface area (TPSA) is 56.0 Å². The molecule has 0 saturated carbocycles. The number of para-hydroxylation sites is 1. The molecule has 18 heavy (non-hydrogen) atoms. The van der Waals surface area contributed by atoms with E-state index in [2.05, 4.69) is 18.0 Å². The molecular weight excluding hydrogens is 244 g/mol. The Morgan fingerprint density at radius 3 is 2.72 bits per heavy atom. The third-order valence-corrected chi connectivity index (χ3v) is 3.96. The number of amides is 1. The van der Waals surface area contributed by atoms with Crippen LogP contribution in [-0.4, -0.2) is 16.1 Å². The maximum Gasteiger partial charge on any atom is 0.230 e. The molecule has 1 aromatic heterocycles. The van der Waals surface area contributed by atoms with Crippen molar-refractivity contribution in [1.29, 1.82) is 0 Å². The van der Waals surface area contributed by atoms with Crippen molar-refractivity contribution in [3.8, 4) is 0 Å². The highest BCUT2D eigenvalue weighted by Gasteiger charge is 2.13. The number of carbonyl (C=O) groups is 1. The molecule has 0 aliphatic rings. The van der Waals surface area contributed by atoms with Gasteiger partial charge < -0.3 is 5.73 Å². The van der Waals surface area contributed by atoms with Gasteiger partial charge in [-0.25, -0.2) is 4.98 Å². The van der Waals surface area contributed by atoms with E-state index >= 15 is 0 Å². The molecule has 0 saturated heterocycles. The summed E-state index contributed by atoms with van der Waals surface area (Å²) in [5.74, 6) is -0.315. The molecule has 0 aliphatic heterocycles. The number of nitrogens with zero attached hydrogens (tertiary/aromatic N) is 1. The third-order valence-electron chi connectivity index (χ3n) is 2.92. The molecule has 0 unspecified atom stereocenters. The van der Waals surface area contributed by atoms with Gasteiger partial charge in [-0.2, -0.15) is 0 Å². The van der Waals surface area contributed by atoms with Crippen molar-refractivity contribution in [2.75, 3.05) is 0 Å². The van der Waals surface area contributed by atoms with Crippen molar-refractivity contribution in [1.82, 2.24) is 4.98 Å². The molecule has 2 aromatic rings. The number of benzene rings is 1. The van der Waals surface area contributed by atoms with E-state index in [1.807, 2.05) is 25.1 Å². The van der Waals surface area contributed by atoms with E-state index in [1.165, 1.54) is 17.3 Å². The van der Waals surface area contributed by atoms with Gasteiger partial charge in [0.25, 0.3) is 0 Å². The van der Waals surface area contributed by atoms with Crippen LogP contribution in [0.3, 0.4) is 0 Å². The average Bonchev–Trinajstić information content (AvgIpc) is 2.30. The van der Waals surface area contributed by atoms with Crippen LogP contribution in [0.2, 0.25) is 0 Å². The molecule has 3 nitrogen and oxygen atoms in total. The lowest BCUT2D eigenvalue weighted by Gasteiger charge is -2.10. The number of aryl methyl sites for hydroxylation is 2. The molecule has 94 valence electrons. The quantitative estimate of drug-likeness (QED) is 0.863. The van der Waals surface area contributed by atoms with Crippen molar-refractivity contribution in [2.24, 2.45) is 5.73 Å². The van der Waals surface area contributed by atoms with Gasteiger partial charge in [0.1, 0.15) is 0 Å². The van der Waals surface area contributed by atoms with Gasteiger partial charge in [-0.05, 0) is 38.0 Å². The van der Waals surface area contributed by atoms with Crippen molar-refractivity contribution in [2.45, 2.75) is 31.0 Å². The second-order valence-electron chi connectivity index (χ2n) is 4.41. The molecule has 1 atom stereocenters. The summed E-state index contributed by atoms with van der Waals surface area (Å²) in [7, 11) is 0. The zero-order chi connectivity index (χ0) is 13.3. The number of carbonyl (C=O) groups excluding carboxylic acids is 1. The van der Waals surface area contributed by atoms with Gasteiger partial charge in [0.2, 0.25) is 5.91 Å². The van der Waals surface area contributed by atoms with E-state index in [9.17, 15) is 4.79 Å². The Labute approximate surface area is 111 Å². The summed E-state index contributed by atoms with van der Waals surface area (Å²) < 4.78 is 0. The molecule has 0 aliphatic carbocycles. The standard InChI is InChI=1S/C14H16N2OS/c1-8-5-4-6-11-9(2)7-12(16-13(8)11)18-10(3)14(15)17/h4-7,10H,1-3H3,(H2,15,17)/t10-/m0/s1. The van der Waals surface area contributed by atoms with E-state index < -0.39 is 0 Å². The Kier molecular flexibility index (Phi) is 3.57. The number of pyridine rings is 1. The van der Waals surface area contributed by atoms with Crippen LogP contribution in [0, 0.1) is 13.8 Å². The number of fused-ring (bicyclic) bond motifs is 1. The highest BCUT2D eigenvalue weighted by molar-refractivity contribution is 8.00. The molecule has 2 N–H and O–H groups in total. The first-order valence-corrected chi connectivity index (χ1v) is 6.70. The highest BCUT2D eigenvalue weighted by atomic mass is 32.2. The monoisotopic (exact) mass is 260 g/mol. The van der Waals surface area contributed by atoms with Crippen LogP contribution in [0.4, 0.5) is 0 Å². The maximum atomic E-state index is 11.1. The first-order chi connectivity index (χ1) is 8.49. The Morgan fingerprint density at radius 2 is 2.06 bits per heavy atom. The predicted molar refractivity (Wildman–Crippen MR) is 75.7 cm³/mol. The van der Waals surface area contributed by atoms with Crippen LogP contribution in [0.5, 0.6) is 0 Å². The minimum atomic E-state index is -0.315. The van der Waals surface area contributed by atoms with Gasteiger partial charge in [-0.15, -0.1) is 0 Å². The Bertz CT molecular complexity index is 610. The molecule has 1 heterocycles. The van der Waals surface area contributed by atoms with E-state index in [1.54, 1.807) is 6.92 Å². The zero-order valence-electron chi connectivity index (χ0n) is 10.7. The molecule has 1 aromatic carbocycles. The van der Waals surface area contributed by atoms with Gasteiger partial charge in [0.05, 0.1) is 15.8 Å². The lowest BCUT2D eigenvalue weighted by molar-refractivity contribution is -0.117. The number of thioether (sulfide) groups is 1. The van der Waals surface area contributed by atoms with Crippen molar-refractivity contribution < 1.29 is 4.79 Å². The van der Waals surface area contributed by atoms with Crippen LogP contribution in [0.15, 0.2) is 29.3 Å². The maximum absolute atomic E-state index is 11.1. The van der Waals surface area contributed by atoms with E-state index in [4.69, 9.17) is 5.73 Å². The lowest BCUT2D eigenvalue weighted by atomic mass is 10.1. The summed E-state index contributed by atoms with van der Waals surface area (Å²) in [6, 6.07) is 8.15. The summed E-state index contributed by atoms with van der Waals surface area (Å²) in [6.07, 6.45) is 0. The van der Waals surface area contributed by atoms with E-state index in [-0.39, 0.29) is 11.2 Å². The van der Waals surface area contributed by atoms with Crippen molar-refractivity contribution in [3.63, 3.8) is 0 Å². The Morgan fingerprint density at radius 1 is 1.33 bits per heavy atom. The fourth-order valence-electron chi connectivity index (χ4n) is 1.83. The fourth-order valence-corrected chi connectivity index (χ4v) is 2.70. The largest absolute Gasteiger partial charge is 0.369 e. The molecule has 1 amide bonds. The number of aromatic nitrogens is 1. The lowest BCUT2D eigenvalue weighted by Crippen LogP contribution is -2.22. The van der Waals surface area contributed by atoms with Crippen molar-refractivity contribution in [3.05, 3.63) is 35.4 Å². The molecule has 0 fully saturated rings. The third kappa shape index (κ3) is 2.48. The first-order valence-electron chi connectivity index (χ1n) is 5.82. The number of nitrogens with two attached hydrogens (primary N) is 1. The first kappa shape index (κ1) is 12.9. The second-order valence-corrected chi connectivity index (χ2v) is 5.77. The molecule has 0 bridgehead atoms. The Balaban J connectivity index is 2.48. The Hall–Kier alpha value is -1.55. The zero-order valence-corrected chi connectivity index (χ0v) is 11.5. The van der Waals surface area contributed by atoms with Crippen LogP contribution < -0.4 is 5.73 Å². The second kappa shape index (κ2) is 4.98. The fraction of sp³-hybridized carbons (Fsp3) is 0.286. The minimum absolute atomic E-state index is 0.265. The highest BCUT2D eigenvalue weighted by Crippen LogP contribution is 2.27. The summed E-state index contributed by atoms with van der Waals surface area (Å²) in [4.78, 5) is 15.7. The molecule has 4 heteroatoms. The SMILES string of the molecule is Cc1cc(S[C@@H](C)C(N)=O)nc2c(C)cccc12. The van der Waals surface area contributed by atoms with Crippen LogP contribution in [0.25, 0.3) is 10.9 Å². The number of rotatable bonds is 3. The van der Waals surface area contributed by atoms with Crippen LogP contribution in [-0.2, 0) is 4.79 Å². The normalized spacial score (nSPS) is 12.6. The molecule has 0 spiro atoms. The number of hydrogen-bond acceptors (Lipinski definition) is 3. The summed E-state index contributed by atoms with van der Waals surface area (Å²) in [6.45, 7) is 5.90. The summed E-state index contributed by atoms with van der Waals surface area (Å²) in [5.41, 5.74) is 8.59. The summed E-state index contributed by atoms with van der Waals surface area (Å²) in [5, 5.41) is 1.74. The van der Waals surface area contributed by atoms with E-state index in [0.717, 1.165) is 21.5 Å². The van der Waals surface area contributed by atoms with E-state index in [0.29, 0.717) is 0 Å². The predicted octanol–water partition coefficient (Wildman–Crippen LogP) is 2.82. The molecule has 0 radical (unpaired) electrons. The average molecular weight is 260 g/mol. The van der Waals surface area contributed by atoms with Crippen LogP contribution >= 0.6 is 11.8 Å². The summed E-state index contributed by atoms with van der Waals surface area (Å²) >= 11 is 1.40.